The van der Waals surface area contributed by atoms with E-state index in [2.05, 4.69) is 19.2 Å². The van der Waals surface area contributed by atoms with Crippen molar-refractivity contribution in [3.63, 3.8) is 0 Å². The van der Waals surface area contributed by atoms with Gasteiger partial charge in [0.15, 0.2) is 0 Å². The molecule has 0 radical (unpaired) electrons. The van der Waals surface area contributed by atoms with E-state index < -0.39 is 9.28 Å². The molecule has 3 N–H and O–H groups in total. The van der Waals surface area contributed by atoms with Gasteiger partial charge in [0.05, 0.1) is 6.17 Å². The lowest BCUT2D eigenvalue weighted by Crippen LogP contribution is -2.45. The first-order valence-electron chi connectivity index (χ1n) is 6.75. The number of hydrogen-bond donors (Lipinski definition) is 2. The minimum atomic E-state index is -1.48. The second-order valence-electron chi connectivity index (χ2n) is 4.51. The summed E-state index contributed by atoms with van der Waals surface area (Å²) < 4.78 is 10.7. The maximum absolute atomic E-state index is 6.07. The lowest BCUT2D eigenvalue weighted by Gasteiger charge is -2.24. The predicted molar refractivity (Wildman–Crippen MR) is 75.3 cm³/mol. The Morgan fingerprint density at radius 2 is 1.82 bits per heavy atom. The quantitative estimate of drug-likeness (QED) is 0.338. The van der Waals surface area contributed by atoms with E-state index in [-0.39, 0.29) is 6.17 Å². The Morgan fingerprint density at radius 3 is 2.29 bits per heavy atom. The Hall–Kier alpha value is 0.0569. The first kappa shape index (κ1) is 17.1. The minimum Gasteiger partial charge on any atom is -0.400 e. The Labute approximate surface area is 108 Å². The summed E-state index contributed by atoms with van der Waals surface area (Å²) in [5.41, 5.74) is 6.07. The van der Waals surface area contributed by atoms with Crippen molar-refractivity contribution in [1.82, 2.24) is 5.32 Å². The van der Waals surface area contributed by atoms with Crippen LogP contribution in [0.2, 0.25) is 6.04 Å². The van der Waals surface area contributed by atoms with Crippen LogP contribution in [-0.4, -0.2) is 35.7 Å². The second kappa shape index (κ2) is 11.2. The molecule has 0 aromatic heterocycles. The molecule has 0 aromatic rings. The summed E-state index contributed by atoms with van der Waals surface area (Å²) in [6, 6.07) is 1.40. The van der Waals surface area contributed by atoms with Crippen LogP contribution in [-0.2, 0) is 8.85 Å². The standard InChI is InChI=1S/C12H30N2O2Si/c1-5-7-8-9-12(13)14-11(6-2)10-17(15-3)16-4/h11-12,14,17H,5-10,13H2,1-4H3. The van der Waals surface area contributed by atoms with Crippen LogP contribution < -0.4 is 11.1 Å². The SMILES string of the molecule is CCCCCC(N)NC(CC)C[SiH](OC)OC. The van der Waals surface area contributed by atoms with Gasteiger partial charge in [-0.1, -0.05) is 33.1 Å². The van der Waals surface area contributed by atoms with Crippen molar-refractivity contribution < 1.29 is 8.85 Å². The lowest BCUT2D eigenvalue weighted by atomic mass is 10.1. The first-order valence-corrected chi connectivity index (χ1v) is 8.51. The van der Waals surface area contributed by atoms with Gasteiger partial charge in [-0.2, -0.15) is 0 Å². The molecule has 0 saturated carbocycles. The molecule has 0 fully saturated rings. The van der Waals surface area contributed by atoms with Crippen LogP contribution in [0.3, 0.4) is 0 Å². The Balaban J connectivity index is 3.85. The summed E-state index contributed by atoms with van der Waals surface area (Å²) in [6.45, 7) is 4.38. The smallest absolute Gasteiger partial charge is 0.322 e. The van der Waals surface area contributed by atoms with Crippen LogP contribution >= 0.6 is 0 Å². The summed E-state index contributed by atoms with van der Waals surface area (Å²) >= 11 is 0. The Morgan fingerprint density at radius 1 is 1.18 bits per heavy atom. The zero-order chi connectivity index (χ0) is 13.1. The van der Waals surface area contributed by atoms with E-state index in [1.807, 2.05) is 0 Å². The molecule has 2 unspecified atom stereocenters. The highest BCUT2D eigenvalue weighted by Crippen LogP contribution is 2.07. The molecule has 0 aliphatic heterocycles. The third-order valence-electron chi connectivity index (χ3n) is 3.06. The maximum atomic E-state index is 6.07. The lowest BCUT2D eigenvalue weighted by molar-refractivity contribution is 0.268. The molecular weight excluding hydrogens is 232 g/mol. The molecule has 0 bridgehead atoms. The van der Waals surface area contributed by atoms with Gasteiger partial charge in [0.2, 0.25) is 0 Å². The largest absolute Gasteiger partial charge is 0.400 e. The summed E-state index contributed by atoms with van der Waals surface area (Å²) in [4.78, 5) is 0. The molecule has 0 aliphatic rings. The van der Waals surface area contributed by atoms with Crippen molar-refractivity contribution in [3.05, 3.63) is 0 Å². The maximum Gasteiger partial charge on any atom is 0.322 e. The van der Waals surface area contributed by atoms with Gasteiger partial charge in [-0.3, -0.25) is 5.32 Å². The van der Waals surface area contributed by atoms with E-state index in [1.54, 1.807) is 14.2 Å². The average molecular weight is 262 g/mol. The highest BCUT2D eigenvalue weighted by Gasteiger charge is 2.18. The third-order valence-corrected chi connectivity index (χ3v) is 5.07. The molecule has 0 rings (SSSR count). The van der Waals surface area contributed by atoms with Gasteiger partial charge in [0.25, 0.3) is 0 Å². The molecule has 17 heavy (non-hydrogen) atoms. The fourth-order valence-electron chi connectivity index (χ4n) is 1.87. The third kappa shape index (κ3) is 8.74. The van der Waals surface area contributed by atoms with E-state index in [0.717, 1.165) is 18.9 Å². The Bertz CT molecular complexity index is 169. The van der Waals surface area contributed by atoms with E-state index >= 15 is 0 Å². The Kier molecular flexibility index (Phi) is 11.2. The van der Waals surface area contributed by atoms with Crippen LogP contribution in [0, 0.1) is 0 Å². The van der Waals surface area contributed by atoms with Crippen molar-refractivity contribution in [3.8, 4) is 0 Å². The molecule has 0 heterocycles. The van der Waals surface area contributed by atoms with Gasteiger partial charge in [-0.05, 0) is 12.8 Å². The van der Waals surface area contributed by atoms with Crippen molar-refractivity contribution in [1.29, 1.82) is 0 Å². The van der Waals surface area contributed by atoms with Crippen molar-refractivity contribution in [2.45, 2.75) is 64.2 Å². The second-order valence-corrected chi connectivity index (χ2v) is 6.78. The summed E-state index contributed by atoms with van der Waals surface area (Å²) in [7, 11) is 1.98. The molecule has 0 aliphatic carbocycles. The molecule has 0 saturated heterocycles. The number of hydrogen-bond acceptors (Lipinski definition) is 4. The number of unbranched alkanes of at least 4 members (excludes halogenated alkanes) is 2. The molecular formula is C12H30N2O2Si. The van der Waals surface area contributed by atoms with Crippen molar-refractivity contribution in [2.75, 3.05) is 14.2 Å². The predicted octanol–water partition coefficient (Wildman–Crippen LogP) is 1.73. The van der Waals surface area contributed by atoms with Crippen molar-refractivity contribution in [2.24, 2.45) is 5.73 Å². The van der Waals surface area contributed by atoms with Gasteiger partial charge in [0, 0.05) is 26.3 Å². The molecule has 0 spiro atoms. The van der Waals surface area contributed by atoms with E-state index in [9.17, 15) is 0 Å². The zero-order valence-electron chi connectivity index (χ0n) is 11.9. The molecule has 104 valence electrons. The van der Waals surface area contributed by atoms with Gasteiger partial charge < -0.3 is 14.6 Å². The molecule has 5 heteroatoms. The van der Waals surface area contributed by atoms with Crippen molar-refractivity contribution >= 4 is 9.28 Å². The van der Waals surface area contributed by atoms with Gasteiger partial charge in [0.1, 0.15) is 0 Å². The van der Waals surface area contributed by atoms with Gasteiger partial charge in [-0.15, -0.1) is 0 Å². The summed E-state index contributed by atoms with van der Waals surface area (Å²) in [6.07, 6.45) is 5.94. The zero-order valence-corrected chi connectivity index (χ0v) is 13.0. The van der Waals surface area contributed by atoms with E-state index in [1.165, 1.54) is 19.3 Å². The van der Waals surface area contributed by atoms with E-state index in [4.69, 9.17) is 14.6 Å². The first-order chi connectivity index (χ1) is 8.17. The molecule has 0 amide bonds. The van der Waals surface area contributed by atoms with E-state index in [0.29, 0.717) is 6.04 Å². The van der Waals surface area contributed by atoms with Crippen LogP contribution in [0.15, 0.2) is 0 Å². The highest BCUT2D eigenvalue weighted by atomic mass is 28.3. The average Bonchev–Trinajstić information content (AvgIpc) is 2.34. The van der Waals surface area contributed by atoms with Crippen LogP contribution in [0.5, 0.6) is 0 Å². The monoisotopic (exact) mass is 262 g/mol. The van der Waals surface area contributed by atoms with Crippen LogP contribution in [0.4, 0.5) is 0 Å². The van der Waals surface area contributed by atoms with Gasteiger partial charge >= 0.3 is 9.28 Å². The number of rotatable bonds is 11. The highest BCUT2D eigenvalue weighted by molar-refractivity contribution is 6.44. The molecule has 0 aromatic carbocycles. The molecule has 4 nitrogen and oxygen atoms in total. The number of nitrogens with two attached hydrogens (primary N) is 1. The van der Waals surface area contributed by atoms with Crippen LogP contribution in [0.25, 0.3) is 0 Å². The normalized spacial score (nSPS) is 15.2. The summed E-state index contributed by atoms with van der Waals surface area (Å²) in [5.74, 6) is 0. The van der Waals surface area contributed by atoms with Gasteiger partial charge in [-0.25, -0.2) is 0 Å². The fraction of sp³-hybridized carbons (Fsp3) is 1.00. The van der Waals surface area contributed by atoms with Crippen LogP contribution in [0.1, 0.15) is 46.0 Å². The topological polar surface area (TPSA) is 56.5 Å². The minimum absolute atomic E-state index is 0.106. The number of nitrogens with one attached hydrogen (secondary N) is 1. The molecule has 2 atom stereocenters. The fourth-order valence-corrected chi connectivity index (χ4v) is 3.39. The summed E-state index contributed by atoms with van der Waals surface area (Å²) in [5, 5.41) is 3.48.